The number of halogens is 2. The van der Waals surface area contributed by atoms with E-state index in [4.69, 9.17) is 28.9 Å². The predicted molar refractivity (Wildman–Crippen MR) is 63.6 cm³/mol. The van der Waals surface area contributed by atoms with Crippen molar-refractivity contribution in [2.45, 2.75) is 19.3 Å². The summed E-state index contributed by atoms with van der Waals surface area (Å²) < 4.78 is 0. The number of nitrogens with two attached hydrogens (primary N) is 1. The van der Waals surface area contributed by atoms with Crippen molar-refractivity contribution in [3.8, 4) is 0 Å². The summed E-state index contributed by atoms with van der Waals surface area (Å²) >= 11 is 11.2. The first-order valence-electron chi connectivity index (χ1n) is 4.82. The lowest BCUT2D eigenvalue weighted by molar-refractivity contribution is -0.116. The molecule has 0 unspecified atom stereocenters. The van der Waals surface area contributed by atoms with Gasteiger partial charge in [0.1, 0.15) is 11.0 Å². The Hall–Kier alpha value is -0.910. The molecule has 0 aliphatic heterocycles. The highest BCUT2D eigenvalue weighted by atomic mass is 35.5. The molecule has 0 bridgehead atoms. The van der Waals surface area contributed by atoms with Crippen LogP contribution in [0.15, 0.2) is 6.07 Å². The van der Waals surface area contributed by atoms with Crippen LogP contribution in [-0.2, 0) is 4.79 Å². The van der Waals surface area contributed by atoms with Gasteiger partial charge in [0.15, 0.2) is 0 Å². The lowest BCUT2D eigenvalue weighted by Gasteiger charge is -2.04. The van der Waals surface area contributed by atoms with Gasteiger partial charge in [0, 0.05) is 12.5 Å². The predicted octanol–water partition coefficient (Wildman–Crippen LogP) is 1.85. The Morgan fingerprint density at radius 1 is 1.38 bits per heavy atom. The molecule has 3 N–H and O–H groups in total. The van der Waals surface area contributed by atoms with Gasteiger partial charge < -0.3 is 11.1 Å². The van der Waals surface area contributed by atoms with E-state index in [2.05, 4.69) is 15.3 Å². The molecule has 0 aromatic carbocycles. The number of rotatable bonds is 5. The Balaban J connectivity index is 2.49. The summed E-state index contributed by atoms with van der Waals surface area (Å²) in [5.41, 5.74) is 5.32. The maximum atomic E-state index is 11.4. The van der Waals surface area contributed by atoms with E-state index in [0.29, 0.717) is 18.8 Å². The van der Waals surface area contributed by atoms with Crippen LogP contribution in [0, 0.1) is 0 Å². The minimum atomic E-state index is -0.140. The van der Waals surface area contributed by atoms with Crippen molar-refractivity contribution in [3.63, 3.8) is 0 Å². The van der Waals surface area contributed by atoms with Crippen LogP contribution in [0.3, 0.4) is 0 Å². The average molecular weight is 263 g/mol. The van der Waals surface area contributed by atoms with Gasteiger partial charge in [-0.25, -0.2) is 9.97 Å². The lowest BCUT2D eigenvalue weighted by atomic mass is 10.2. The van der Waals surface area contributed by atoms with Gasteiger partial charge in [-0.05, 0) is 31.0 Å². The van der Waals surface area contributed by atoms with Gasteiger partial charge in [0.05, 0.1) is 0 Å². The van der Waals surface area contributed by atoms with Gasteiger partial charge in [-0.3, -0.25) is 4.79 Å². The number of anilines is 1. The monoisotopic (exact) mass is 262 g/mol. The average Bonchev–Trinajstić information content (AvgIpc) is 2.16. The fraction of sp³-hybridized carbons (Fsp3) is 0.444. The summed E-state index contributed by atoms with van der Waals surface area (Å²) in [6, 6.07) is 1.44. The number of hydrogen-bond donors (Lipinski definition) is 2. The SMILES string of the molecule is NCCCCC(=O)Nc1cc(Cl)nc(Cl)n1. The number of aromatic nitrogens is 2. The second-order valence-corrected chi connectivity index (χ2v) is 3.86. The molecule has 1 aromatic heterocycles. The normalized spacial score (nSPS) is 10.2. The molecule has 16 heavy (non-hydrogen) atoms. The largest absolute Gasteiger partial charge is 0.330 e. The Kier molecular flexibility index (Phi) is 5.45. The first-order chi connectivity index (χ1) is 7.61. The van der Waals surface area contributed by atoms with Crippen molar-refractivity contribution in [1.29, 1.82) is 0 Å². The summed E-state index contributed by atoms with van der Waals surface area (Å²) in [4.78, 5) is 18.9. The first-order valence-corrected chi connectivity index (χ1v) is 5.57. The Labute approximate surface area is 103 Å². The number of hydrogen-bond acceptors (Lipinski definition) is 4. The zero-order valence-corrected chi connectivity index (χ0v) is 10.1. The van der Waals surface area contributed by atoms with Gasteiger partial charge in [-0.1, -0.05) is 11.6 Å². The van der Waals surface area contributed by atoms with E-state index in [-0.39, 0.29) is 16.3 Å². The van der Waals surface area contributed by atoms with Crippen molar-refractivity contribution in [1.82, 2.24) is 9.97 Å². The fourth-order valence-corrected chi connectivity index (χ4v) is 1.50. The first kappa shape index (κ1) is 13.2. The van der Waals surface area contributed by atoms with Crippen LogP contribution in [0.1, 0.15) is 19.3 Å². The maximum Gasteiger partial charge on any atom is 0.225 e. The highest BCUT2D eigenvalue weighted by molar-refractivity contribution is 6.32. The van der Waals surface area contributed by atoms with Gasteiger partial charge in [0.2, 0.25) is 11.2 Å². The molecule has 5 nitrogen and oxygen atoms in total. The summed E-state index contributed by atoms with van der Waals surface area (Å²) in [7, 11) is 0. The third kappa shape index (κ3) is 4.74. The summed E-state index contributed by atoms with van der Waals surface area (Å²) in [6.07, 6.45) is 1.96. The Morgan fingerprint density at radius 3 is 2.75 bits per heavy atom. The zero-order valence-electron chi connectivity index (χ0n) is 8.54. The molecule has 1 heterocycles. The molecule has 0 aliphatic rings. The molecule has 88 valence electrons. The molecule has 1 amide bonds. The highest BCUT2D eigenvalue weighted by Crippen LogP contribution is 2.14. The Bertz CT molecular complexity index is 352. The van der Waals surface area contributed by atoms with Crippen LogP contribution in [-0.4, -0.2) is 22.4 Å². The van der Waals surface area contributed by atoms with E-state index in [1.165, 1.54) is 6.07 Å². The maximum absolute atomic E-state index is 11.4. The van der Waals surface area contributed by atoms with Crippen LogP contribution in [0.4, 0.5) is 5.82 Å². The van der Waals surface area contributed by atoms with Crippen LogP contribution < -0.4 is 11.1 Å². The van der Waals surface area contributed by atoms with E-state index < -0.39 is 0 Å². The lowest BCUT2D eigenvalue weighted by Crippen LogP contribution is -2.13. The second-order valence-electron chi connectivity index (χ2n) is 3.14. The summed E-state index contributed by atoms with van der Waals surface area (Å²) in [5, 5.41) is 2.78. The molecule has 0 fully saturated rings. The second kappa shape index (κ2) is 6.62. The van der Waals surface area contributed by atoms with Crippen molar-refractivity contribution >= 4 is 34.9 Å². The topological polar surface area (TPSA) is 80.9 Å². The van der Waals surface area contributed by atoms with Crippen LogP contribution in [0.2, 0.25) is 10.4 Å². The molecule has 0 saturated heterocycles. The smallest absolute Gasteiger partial charge is 0.225 e. The summed E-state index contributed by atoms with van der Waals surface area (Å²) in [6.45, 7) is 0.582. The van der Waals surface area contributed by atoms with Gasteiger partial charge in [0.25, 0.3) is 0 Å². The third-order valence-corrected chi connectivity index (χ3v) is 2.16. The molecule has 7 heteroatoms. The molecule has 0 atom stereocenters. The number of nitrogens with zero attached hydrogens (tertiary/aromatic N) is 2. The van der Waals surface area contributed by atoms with Crippen LogP contribution >= 0.6 is 23.2 Å². The Morgan fingerprint density at radius 2 is 2.12 bits per heavy atom. The molecule has 0 saturated carbocycles. The van der Waals surface area contributed by atoms with E-state index >= 15 is 0 Å². The third-order valence-electron chi connectivity index (χ3n) is 1.79. The highest BCUT2D eigenvalue weighted by Gasteiger charge is 2.05. The van der Waals surface area contributed by atoms with Gasteiger partial charge >= 0.3 is 0 Å². The van der Waals surface area contributed by atoms with E-state index in [0.717, 1.165) is 12.8 Å². The number of nitrogens with one attached hydrogen (secondary N) is 1. The minimum Gasteiger partial charge on any atom is -0.330 e. The van der Waals surface area contributed by atoms with Crippen LogP contribution in [0.25, 0.3) is 0 Å². The number of carbonyl (C=O) groups is 1. The molecule has 0 aliphatic carbocycles. The quantitative estimate of drug-likeness (QED) is 0.482. The van der Waals surface area contributed by atoms with Crippen molar-refractivity contribution in [2.75, 3.05) is 11.9 Å². The molecular weight excluding hydrogens is 251 g/mol. The molecular formula is C9H12Cl2N4O. The van der Waals surface area contributed by atoms with E-state index in [1.54, 1.807) is 0 Å². The van der Waals surface area contributed by atoms with Gasteiger partial charge in [-0.2, -0.15) is 0 Å². The fourth-order valence-electron chi connectivity index (χ4n) is 1.09. The van der Waals surface area contributed by atoms with Crippen LogP contribution in [0.5, 0.6) is 0 Å². The zero-order chi connectivity index (χ0) is 12.0. The molecule has 0 spiro atoms. The minimum absolute atomic E-state index is 0.00441. The van der Waals surface area contributed by atoms with Crippen molar-refractivity contribution in [3.05, 3.63) is 16.5 Å². The van der Waals surface area contributed by atoms with E-state index in [9.17, 15) is 4.79 Å². The molecule has 0 radical (unpaired) electrons. The molecule has 1 rings (SSSR count). The number of unbranched alkanes of at least 4 members (excludes halogenated alkanes) is 1. The number of amides is 1. The van der Waals surface area contributed by atoms with Crippen molar-refractivity contribution < 1.29 is 4.79 Å². The van der Waals surface area contributed by atoms with E-state index in [1.807, 2.05) is 0 Å². The molecule has 1 aromatic rings. The standard InChI is InChI=1S/C9H12Cl2N4O/c10-6-5-7(15-9(11)13-6)14-8(16)3-1-2-4-12/h5H,1-4,12H2,(H,13,14,15,16). The summed E-state index contributed by atoms with van der Waals surface area (Å²) in [5.74, 6) is 0.169. The van der Waals surface area contributed by atoms with Crippen molar-refractivity contribution in [2.24, 2.45) is 5.73 Å². The van der Waals surface area contributed by atoms with Gasteiger partial charge in [-0.15, -0.1) is 0 Å². The number of carbonyl (C=O) groups excluding carboxylic acids is 1.